The van der Waals surface area contributed by atoms with E-state index in [1.165, 1.54) is 18.5 Å². The van der Waals surface area contributed by atoms with Crippen molar-refractivity contribution in [2.75, 3.05) is 27.2 Å². The molecule has 0 aliphatic heterocycles. The second-order valence-corrected chi connectivity index (χ2v) is 7.82. The predicted octanol–water partition coefficient (Wildman–Crippen LogP) is 2.97. The number of aromatic nitrogens is 2. The van der Waals surface area contributed by atoms with Gasteiger partial charge in [0.15, 0.2) is 0 Å². The molecule has 1 aliphatic rings. The molecule has 0 amide bonds. The summed E-state index contributed by atoms with van der Waals surface area (Å²) >= 11 is 6.47. The summed E-state index contributed by atoms with van der Waals surface area (Å²) in [5.41, 5.74) is 7.58. The lowest BCUT2D eigenvalue weighted by Gasteiger charge is -2.40. The molecule has 0 radical (unpaired) electrons. The van der Waals surface area contributed by atoms with Gasteiger partial charge in [0.1, 0.15) is 0 Å². The first-order valence-electron chi connectivity index (χ1n) is 7.90. The average Bonchev–Trinajstić information content (AvgIpc) is 2.76. The molecule has 0 saturated heterocycles. The van der Waals surface area contributed by atoms with E-state index in [4.69, 9.17) is 17.3 Å². The van der Waals surface area contributed by atoms with Gasteiger partial charge in [-0.15, -0.1) is 0 Å². The predicted molar refractivity (Wildman–Crippen MR) is 88.7 cm³/mol. The van der Waals surface area contributed by atoms with Crippen LogP contribution in [0, 0.1) is 11.3 Å². The lowest BCUT2D eigenvalue weighted by atomic mass is 9.66. The highest BCUT2D eigenvalue weighted by atomic mass is 35.5. The monoisotopic (exact) mass is 312 g/mol. The average molecular weight is 313 g/mol. The van der Waals surface area contributed by atoms with Crippen LogP contribution in [0.3, 0.4) is 0 Å². The van der Waals surface area contributed by atoms with Crippen LogP contribution < -0.4 is 5.73 Å². The molecule has 0 bridgehead atoms. The van der Waals surface area contributed by atoms with E-state index < -0.39 is 0 Å². The van der Waals surface area contributed by atoms with Gasteiger partial charge in [-0.3, -0.25) is 4.68 Å². The zero-order chi connectivity index (χ0) is 15.6. The van der Waals surface area contributed by atoms with E-state index >= 15 is 0 Å². The quantitative estimate of drug-likeness (QED) is 0.909. The summed E-state index contributed by atoms with van der Waals surface area (Å²) in [4.78, 5) is 2.17. The van der Waals surface area contributed by atoms with Crippen molar-refractivity contribution in [2.24, 2.45) is 17.1 Å². The molecular formula is C16H29ClN4. The van der Waals surface area contributed by atoms with Gasteiger partial charge < -0.3 is 10.6 Å². The maximum atomic E-state index is 6.47. The Morgan fingerprint density at radius 1 is 1.48 bits per heavy atom. The second-order valence-electron chi connectivity index (χ2n) is 7.41. The fourth-order valence-corrected chi connectivity index (χ4v) is 3.74. The molecule has 120 valence electrons. The van der Waals surface area contributed by atoms with Crippen molar-refractivity contribution in [1.82, 2.24) is 14.7 Å². The summed E-state index contributed by atoms with van der Waals surface area (Å²) in [5.74, 6) is 0.946. The number of halogens is 1. The summed E-state index contributed by atoms with van der Waals surface area (Å²) in [7, 11) is 4.16. The van der Waals surface area contributed by atoms with E-state index in [1.807, 2.05) is 0 Å². The third kappa shape index (κ3) is 3.99. The van der Waals surface area contributed by atoms with Crippen LogP contribution in [0.5, 0.6) is 0 Å². The van der Waals surface area contributed by atoms with Gasteiger partial charge in [0.2, 0.25) is 0 Å². The minimum atomic E-state index is 0.357. The molecule has 2 unspecified atom stereocenters. The summed E-state index contributed by atoms with van der Waals surface area (Å²) in [6.07, 6.45) is 5.36. The van der Waals surface area contributed by atoms with Crippen molar-refractivity contribution >= 4 is 11.6 Å². The Labute approximate surface area is 133 Å². The van der Waals surface area contributed by atoms with Crippen LogP contribution in [0.25, 0.3) is 0 Å². The van der Waals surface area contributed by atoms with Crippen LogP contribution in [0.1, 0.15) is 44.7 Å². The molecular weight excluding hydrogens is 284 g/mol. The highest BCUT2D eigenvalue weighted by molar-refractivity contribution is 6.31. The third-order valence-electron chi connectivity index (χ3n) is 4.78. The Kier molecular flexibility index (Phi) is 5.33. The van der Waals surface area contributed by atoms with Crippen LogP contribution in [0.15, 0.2) is 6.20 Å². The smallest absolute Gasteiger partial charge is 0.0820 e. The Balaban J connectivity index is 2.27. The molecule has 0 aromatic carbocycles. The Morgan fingerprint density at radius 3 is 2.81 bits per heavy atom. The van der Waals surface area contributed by atoms with Crippen molar-refractivity contribution in [3.05, 3.63) is 16.9 Å². The van der Waals surface area contributed by atoms with E-state index in [2.05, 4.69) is 42.6 Å². The fourth-order valence-electron chi connectivity index (χ4n) is 3.46. The van der Waals surface area contributed by atoms with Gasteiger partial charge in [0.25, 0.3) is 0 Å². The SMILES string of the molecule is CN(C)CCn1ncc(Cl)c1C1CC(C)(C)CCC1CN. The van der Waals surface area contributed by atoms with Crippen molar-refractivity contribution in [1.29, 1.82) is 0 Å². The van der Waals surface area contributed by atoms with Crippen LogP contribution in [0.2, 0.25) is 5.02 Å². The molecule has 5 heteroatoms. The maximum Gasteiger partial charge on any atom is 0.0820 e. The highest BCUT2D eigenvalue weighted by Gasteiger charge is 2.37. The molecule has 2 atom stereocenters. The van der Waals surface area contributed by atoms with Gasteiger partial charge in [-0.2, -0.15) is 5.10 Å². The van der Waals surface area contributed by atoms with Gasteiger partial charge in [-0.25, -0.2) is 0 Å². The normalized spacial score (nSPS) is 25.5. The molecule has 1 aromatic heterocycles. The highest BCUT2D eigenvalue weighted by Crippen LogP contribution is 2.47. The van der Waals surface area contributed by atoms with E-state index in [9.17, 15) is 0 Å². The number of hydrogen-bond donors (Lipinski definition) is 1. The summed E-state index contributed by atoms with van der Waals surface area (Å²) in [5, 5.41) is 5.30. The molecule has 1 aromatic rings. The van der Waals surface area contributed by atoms with E-state index in [-0.39, 0.29) is 0 Å². The van der Waals surface area contributed by atoms with Crippen molar-refractivity contribution in [3.63, 3.8) is 0 Å². The number of rotatable bonds is 5. The molecule has 2 rings (SSSR count). The molecule has 4 nitrogen and oxygen atoms in total. The number of nitrogens with zero attached hydrogens (tertiary/aromatic N) is 3. The van der Waals surface area contributed by atoms with E-state index in [0.29, 0.717) is 17.3 Å². The van der Waals surface area contributed by atoms with Gasteiger partial charge in [0.05, 0.1) is 23.5 Å². The fraction of sp³-hybridized carbons (Fsp3) is 0.812. The van der Waals surface area contributed by atoms with Crippen molar-refractivity contribution in [3.8, 4) is 0 Å². The lowest BCUT2D eigenvalue weighted by molar-refractivity contribution is 0.159. The number of likely N-dealkylation sites (N-methyl/N-ethyl adjacent to an activating group) is 1. The van der Waals surface area contributed by atoms with Crippen LogP contribution >= 0.6 is 11.6 Å². The zero-order valence-electron chi connectivity index (χ0n) is 13.8. The molecule has 1 saturated carbocycles. The Bertz CT molecular complexity index is 467. The first kappa shape index (κ1) is 16.8. The van der Waals surface area contributed by atoms with E-state index in [0.717, 1.165) is 31.1 Å². The number of nitrogens with two attached hydrogens (primary N) is 1. The molecule has 2 N–H and O–H groups in total. The maximum absolute atomic E-state index is 6.47. The molecule has 1 fully saturated rings. The minimum absolute atomic E-state index is 0.357. The van der Waals surface area contributed by atoms with Gasteiger partial charge in [-0.05, 0) is 51.2 Å². The van der Waals surface area contributed by atoms with E-state index in [1.54, 1.807) is 6.20 Å². The van der Waals surface area contributed by atoms with Crippen LogP contribution in [-0.4, -0.2) is 41.9 Å². The molecule has 1 heterocycles. The first-order valence-corrected chi connectivity index (χ1v) is 8.28. The standard InChI is InChI=1S/C16H29ClN4/c1-16(2)6-5-12(10-18)13(9-16)15-14(17)11-19-21(15)8-7-20(3)4/h11-13H,5-10,18H2,1-4H3. The third-order valence-corrected chi connectivity index (χ3v) is 5.07. The van der Waals surface area contributed by atoms with Crippen molar-refractivity contribution < 1.29 is 0 Å². The van der Waals surface area contributed by atoms with Crippen LogP contribution in [-0.2, 0) is 6.54 Å². The Hall–Kier alpha value is -0.580. The summed E-state index contributed by atoms with van der Waals surface area (Å²) in [6, 6.07) is 0. The van der Waals surface area contributed by atoms with Gasteiger partial charge >= 0.3 is 0 Å². The topological polar surface area (TPSA) is 47.1 Å². The summed E-state index contributed by atoms with van der Waals surface area (Å²) < 4.78 is 2.09. The molecule has 0 spiro atoms. The lowest BCUT2D eigenvalue weighted by Crippen LogP contribution is -2.34. The molecule has 1 aliphatic carbocycles. The number of hydrogen-bond acceptors (Lipinski definition) is 3. The first-order chi connectivity index (χ1) is 9.84. The zero-order valence-corrected chi connectivity index (χ0v) is 14.5. The Morgan fingerprint density at radius 2 is 2.19 bits per heavy atom. The van der Waals surface area contributed by atoms with Gasteiger partial charge in [-0.1, -0.05) is 25.4 Å². The van der Waals surface area contributed by atoms with Gasteiger partial charge in [0, 0.05) is 12.5 Å². The largest absolute Gasteiger partial charge is 0.330 e. The van der Waals surface area contributed by atoms with Crippen LogP contribution in [0.4, 0.5) is 0 Å². The minimum Gasteiger partial charge on any atom is -0.330 e. The summed E-state index contributed by atoms with van der Waals surface area (Å²) in [6.45, 7) is 7.27. The molecule has 21 heavy (non-hydrogen) atoms. The second kappa shape index (κ2) is 6.67. The van der Waals surface area contributed by atoms with Crippen molar-refractivity contribution in [2.45, 2.75) is 45.6 Å².